The van der Waals surface area contributed by atoms with Crippen molar-refractivity contribution in [3.8, 4) is 0 Å². The number of anilines is 2. The zero-order chi connectivity index (χ0) is 29.7. The summed E-state index contributed by atoms with van der Waals surface area (Å²) in [6.45, 7) is 0.449. The van der Waals surface area contributed by atoms with Crippen molar-refractivity contribution in [1.82, 2.24) is 16.1 Å². The van der Waals surface area contributed by atoms with Crippen LogP contribution in [0.2, 0.25) is 0 Å². The second-order valence-electron chi connectivity index (χ2n) is 9.67. The van der Waals surface area contributed by atoms with E-state index in [0.717, 1.165) is 17.2 Å². The summed E-state index contributed by atoms with van der Waals surface area (Å²) in [5.41, 5.74) is 3.71. The number of amides is 5. The summed E-state index contributed by atoms with van der Waals surface area (Å²) >= 11 is 0. The van der Waals surface area contributed by atoms with E-state index in [-0.39, 0.29) is 12.3 Å². The minimum atomic E-state index is -0.958. The molecular formula is C32H33N5O5. The van der Waals surface area contributed by atoms with E-state index >= 15 is 0 Å². The highest BCUT2D eigenvalue weighted by Gasteiger charge is 2.23. The highest BCUT2D eigenvalue weighted by molar-refractivity contribution is 6.01. The van der Waals surface area contributed by atoms with E-state index in [4.69, 9.17) is 5.21 Å². The molecule has 10 nitrogen and oxygen atoms in total. The Morgan fingerprint density at radius 1 is 0.690 bits per heavy atom. The third-order valence-corrected chi connectivity index (χ3v) is 6.58. The molecule has 0 saturated heterocycles. The molecule has 0 saturated carbocycles. The predicted molar refractivity (Wildman–Crippen MR) is 161 cm³/mol. The molecule has 4 aromatic rings. The number of carbonyl (C=O) groups excluding carboxylic acids is 4. The van der Waals surface area contributed by atoms with Gasteiger partial charge in [0.1, 0.15) is 6.04 Å². The minimum absolute atomic E-state index is 0.230. The monoisotopic (exact) mass is 567 g/mol. The normalized spacial score (nSPS) is 11.3. The molecule has 0 aromatic heterocycles. The number of urea groups is 1. The van der Waals surface area contributed by atoms with Crippen molar-refractivity contribution in [1.29, 1.82) is 0 Å². The first kappa shape index (κ1) is 29.8. The summed E-state index contributed by atoms with van der Waals surface area (Å²) in [5.74, 6) is -1.08. The van der Waals surface area contributed by atoms with Gasteiger partial charge in [0.05, 0.1) is 0 Å². The van der Waals surface area contributed by atoms with E-state index in [1.807, 2.05) is 48.5 Å². The fourth-order valence-corrected chi connectivity index (χ4v) is 4.38. The second kappa shape index (κ2) is 15.0. The Kier molecular flexibility index (Phi) is 10.6. The molecule has 0 radical (unpaired) electrons. The fourth-order valence-electron chi connectivity index (χ4n) is 4.38. The average molecular weight is 568 g/mol. The lowest BCUT2D eigenvalue weighted by molar-refractivity contribution is -0.129. The lowest BCUT2D eigenvalue weighted by atomic mass is 10.1. The zero-order valence-electron chi connectivity index (χ0n) is 22.9. The largest absolute Gasteiger partial charge is 0.352 e. The number of hydrogen-bond donors (Lipinski definition) is 6. The first-order valence-corrected chi connectivity index (χ1v) is 13.7. The molecule has 0 spiro atoms. The van der Waals surface area contributed by atoms with Crippen molar-refractivity contribution in [2.24, 2.45) is 0 Å². The highest BCUT2D eigenvalue weighted by atomic mass is 16.5. The molecule has 0 heterocycles. The predicted octanol–water partition coefficient (Wildman–Crippen LogP) is 5.14. The lowest BCUT2D eigenvalue weighted by Gasteiger charge is -2.19. The Labute approximate surface area is 243 Å². The van der Waals surface area contributed by atoms with Crippen molar-refractivity contribution in [2.75, 3.05) is 17.2 Å². The number of rotatable bonds is 12. The van der Waals surface area contributed by atoms with Gasteiger partial charge in [-0.05, 0) is 65.6 Å². The molecular weight excluding hydrogens is 534 g/mol. The maximum Gasteiger partial charge on any atom is 0.320 e. The van der Waals surface area contributed by atoms with Crippen LogP contribution in [0.3, 0.4) is 0 Å². The van der Waals surface area contributed by atoms with Crippen LogP contribution < -0.4 is 26.7 Å². The van der Waals surface area contributed by atoms with Crippen molar-refractivity contribution >= 4 is 45.9 Å². The first-order chi connectivity index (χ1) is 20.4. The van der Waals surface area contributed by atoms with Crippen LogP contribution >= 0.6 is 0 Å². The quantitative estimate of drug-likeness (QED) is 0.0797. The van der Waals surface area contributed by atoms with E-state index in [0.29, 0.717) is 41.9 Å². The zero-order valence-corrected chi connectivity index (χ0v) is 22.9. The molecule has 216 valence electrons. The van der Waals surface area contributed by atoms with Crippen LogP contribution in [0.25, 0.3) is 10.8 Å². The number of benzene rings is 4. The lowest BCUT2D eigenvalue weighted by Crippen LogP contribution is -2.39. The van der Waals surface area contributed by atoms with Gasteiger partial charge in [0, 0.05) is 29.9 Å². The SMILES string of the molecule is O=C(CCCCCNC(=O)c1ccc(NC(=O)N[C@H](C(=O)Nc2ccc3ccccc3c2)c2ccccc2)cc1)NO. The van der Waals surface area contributed by atoms with Gasteiger partial charge in [0.25, 0.3) is 11.8 Å². The Balaban J connectivity index is 1.32. The average Bonchev–Trinajstić information content (AvgIpc) is 3.02. The van der Waals surface area contributed by atoms with Gasteiger partial charge in [-0.1, -0.05) is 67.1 Å². The summed E-state index contributed by atoms with van der Waals surface area (Å²) in [5, 5.41) is 21.7. The van der Waals surface area contributed by atoms with E-state index in [1.54, 1.807) is 54.0 Å². The van der Waals surface area contributed by atoms with E-state index in [2.05, 4.69) is 21.3 Å². The third kappa shape index (κ3) is 8.64. The molecule has 0 bridgehead atoms. The van der Waals surface area contributed by atoms with Gasteiger partial charge in [-0.15, -0.1) is 0 Å². The summed E-state index contributed by atoms with van der Waals surface area (Å²) in [6.07, 6.45) is 2.27. The molecule has 4 rings (SSSR count). The van der Waals surface area contributed by atoms with Crippen molar-refractivity contribution in [3.05, 3.63) is 108 Å². The molecule has 6 N–H and O–H groups in total. The van der Waals surface area contributed by atoms with E-state index in [1.165, 1.54) is 0 Å². The van der Waals surface area contributed by atoms with Crippen LogP contribution in [0.4, 0.5) is 16.2 Å². The van der Waals surface area contributed by atoms with Crippen LogP contribution in [0.15, 0.2) is 97.1 Å². The number of nitrogens with one attached hydrogen (secondary N) is 5. The highest BCUT2D eigenvalue weighted by Crippen LogP contribution is 2.21. The smallest absolute Gasteiger partial charge is 0.320 e. The number of unbranched alkanes of at least 4 members (excludes halogenated alkanes) is 2. The van der Waals surface area contributed by atoms with E-state index in [9.17, 15) is 19.2 Å². The molecule has 0 aliphatic carbocycles. The van der Waals surface area contributed by atoms with Crippen LogP contribution in [0, 0.1) is 0 Å². The van der Waals surface area contributed by atoms with Crippen LogP contribution in [0.5, 0.6) is 0 Å². The van der Waals surface area contributed by atoms with Gasteiger partial charge in [-0.25, -0.2) is 10.3 Å². The summed E-state index contributed by atoms with van der Waals surface area (Å²) in [7, 11) is 0. The molecule has 4 aromatic carbocycles. The van der Waals surface area contributed by atoms with Gasteiger partial charge < -0.3 is 21.3 Å². The Morgan fingerprint density at radius 2 is 1.38 bits per heavy atom. The third-order valence-electron chi connectivity index (χ3n) is 6.58. The van der Waals surface area contributed by atoms with Gasteiger partial charge in [0.15, 0.2) is 0 Å². The Hall–Kier alpha value is -5.22. The van der Waals surface area contributed by atoms with Crippen LogP contribution in [-0.2, 0) is 9.59 Å². The van der Waals surface area contributed by atoms with Crippen LogP contribution in [-0.4, -0.2) is 35.5 Å². The molecule has 1 atom stereocenters. The van der Waals surface area contributed by atoms with Gasteiger partial charge in [-0.2, -0.15) is 0 Å². The summed E-state index contributed by atoms with van der Waals surface area (Å²) in [6, 6.07) is 27.3. The van der Waals surface area contributed by atoms with Crippen molar-refractivity contribution in [2.45, 2.75) is 31.7 Å². The Morgan fingerprint density at radius 3 is 2.12 bits per heavy atom. The summed E-state index contributed by atoms with van der Waals surface area (Å²) in [4.78, 5) is 49.7. The molecule has 0 fully saturated rings. The number of hydrogen-bond acceptors (Lipinski definition) is 5. The maximum absolute atomic E-state index is 13.3. The standard InChI is InChI=1S/C32H33N5O5/c38-28(37-42)13-5-2-8-20-33-30(39)24-15-17-26(18-16-24)35-32(41)36-29(23-10-3-1-4-11-23)31(40)34-27-19-14-22-9-6-7-12-25(22)21-27/h1,3-4,6-7,9-12,14-19,21,29,42H,2,5,8,13,20H2,(H,33,39)(H,34,40)(H,37,38)(H2,35,36,41)/t29-/m0/s1. The fraction of sp³-hybridized carbons (Fsp3) is 0.188. The van der Waals surface area contributed by atoms with Crippen molar-refractivity contribution < 1.29 is 24.4 Å². The maximum atomic E-state index is 13.3. The molecule has 0 aliphatic heterocycles. The second-order valence-corrected chi connectivity index (χ2v) is 9.67. The minimum Gasteiger partial charge on any atom is -0.352 e. The first-order valence-electron chi connectivity index (χ1n) is 13.7. The van der Waals surface area contributed by atoms with Crippen LogP contribution in [0.1, 0.15) is 47.6 Å². The van der Waals surface area contributed by atoms with E-state index < -0.39 is 23.9 Å². The van der Waals surface area contributed by atoms with Gasteiger partial charge in [0.2, 0.25) is 5.91 Å². The molecule has 0 unspecified atom stereocenters. The van der Waals surface area contributed by atoms with Crippen molar-refractivity contribution in [3.63, 3.8) is 0 Å². The summed E-state index contributed by atoms with van der Waals surface area (Å²) < 4.78 is 0. The molecule has 10 heteroatoms. The van der Waals surface area contributed by atoms with Gasteiger partial charge in [-0.3, -0.25) is 19.6 Å². The molecule has 0 aliphatic rings. The number of fused-ring (bicyclic) bond motifs is 1. The Bertz CT molecular complexity index is 1530. The number of hydroxylamine groups is 1. The number of carbonyl (C=O) groups is 4. The molecule has 5 amide bonds. The molecule has 42 heavy (non-hydrogen) atoms. The topological polar surface area (TPSA) is 149 Å². The van der Waals surface area contributed by atoms with Gasteiger partial charge >= 0.3 is 6.03 Å².